The molecule has 5 heteroatoms. The van der Waals surface area contributed by atoms with E-state index < -0.39 is 0 Å². The Labute approximate surface area is 119 Å². The van der Waals surface area contributed by atoms with E-state index in [0.29, 0.717) is 0 Å². The molecule has 2 rings (SSSR count). The van der Waals surface area contributed by atoms with Crippen LogP contribution in [0.2, 0.25) is 0 Å². The summed E-state index contributed by atoms with van der Waals surface area (Å²) in [5.41, 5.74) is 4.03. The second-order valence-corrected chi connectivity index (χ2v) is 5.90. The summed E-state index contributed by atoms with van der Waals surface area (Å²) in [7, 11) is 1.68. The van der Waals surface area contributed by atoms with Gasteiger partial charge in [-0.25, -0.2) is 0 Å². The predicted octanol–water partition coefficient (Wildman–Crippen LogP) is 4.40. The minimum Gasteiger partial charge on any atom is -0.495 e. The smallest absolute Gasteiger partial charge is 0.143 e. The van der Waals surface area contributed by atoms with Crippen molar-refractivity contribution in [3.8, 4) is 5.75 Å². The number of halogens is 1. The van der Waals surface area contributed by atoms with E-state index in [0.717, 1.165) is 21.5 Å². The topological polar surface area (TPSA) is 34.1 Å². The minimum absolute atomic E-state index is 0.214. The Balaban J connectivity index is 2.28. The molecular formula is C13H15BrN2OS. The van der Waals surface area contributed by atoms with Crippen LogP contribution in [0, 0.1) is 6.92 Å². The van der Waals surface area contributed by atoms with Gasteiger partial charge in [-0.05, 0) is 31.5 Å². The quantitative estimate of drug-likeness (QED) is 0.904. The van der Waals surface area contributed by atoms with E-state index in [1.54, 1.807) is 18.4 Å². The highest BCUT2D eigenvalue weighted by atomic mass is 79.9. The summed E-state index contributed by atoms with van der Waals surface area (Å²) in [5, 5.41) is 3.48. The Morgan fingerprint density at radius 1 is 1.44 bits per heavy atom. The number of methoxy groups -OCH3 is 1. The average Bonchev–Trinajstić information content (AvgIpc) is 2.85. The van der Waals surface area contributed by atoms with Crippen LogP contribution in [0.15, 0.2) is 28.3 Å². The standard InChI is InChI=1S/C13H15BrN2OS/c1-8-4-10(14)5-11(17-3)13(8)16-9(2)12-6-15-7-18-12/h4-7,9,16H,1-3H3. The van der Waals surface area contributed by atoms with Crippen molar-refractivity contribution in [2.24, 2.45) is 0 Å². The molecule has 0 saturated heterocycles. The number of hydrogen-bond donors (Lipinski definition) is 1. The normalized spacial score (nSPS) is 12.2. The molecule has 3 nitrogen and oxygen atoms in total. The van der Waals surface area contributed by atoms with Gasteiger partial charge in [0.2, 0.25) is 0 Å². The van der Waals surface area contributed by atoms with E-state index in [4.69, 9.17) is 4.74 Å². The molecule has 0 radical (unpaired) electrons. The molecule has 2 aromatic rings. The van der Waals surface area contributed by atoms with Gasteiger partial charge in [0.05, 0.1) is 24.3 Å². The lowest BCUT2D eigenvalue weighted by atomic mass is 10.1. The molecule has 0 aliphatic rings. The molecule has 1 heterocycles. The molecule has 1 unspecified atom stereocenters. The summed E-state index contributed by atoms with van der Waals surface area (Å²) in [6.07, 6.45) is 1.89. The first kappa shape index (κ1) is 13.4. The molecule has 0 aliphatic carbocycles. The van der Waals surface area contributed by atoms with E-state index in [1.165, 1.54) is 4.88 Å². The molecule has 1 aromatic carbocycles. The molecule has 1 atom stereocenters. The van der Waals surface area contributed by atoms with Crippen LogP contribution in [0.25, 0.3) is 0 Å². The number of aryl methyl sites for hydroxylation is 1. The molecule has 1 aromatic heterocycles. The van der Waals surface area contributed by atoms with Crippen molar-refractivity contribution >= 4 is 33.0 Å². The fourth-order valence-corrected chi connectivity index (χ4v) is 2.96. The highest BCUT2D eigenvalue weighted by molar-refractivity contribution is 9.10. The van der Waals surface area contributed by atoms with Crippen LogP contribution in [0.4, 0.5) is 5.69 Å². The molecule has 96 valence electrons. The summed E-state index contributed by atoms with van der Waals surface area (Å²) >= 11 is 5.13. The van der Waals surface area contributed by atoms with Crippen LogP contribution in [-0.4, -0.2) is 12.1 Å². The third kappa shape index (κ3) is 2.84. The van der Waals surface area contributed by atoms with Crippen molar-refractivity contribution in [2.45, 2.75) is 19.9 Å². The second-order valence-electron chi connectivity index (χ2n) is 4.07. The molecule has 0 saturated carbocycles. The number of rotatable bonds is 4. The third-order valence-electron chi connectivity index (χ3n) is 2.72. The monoisotopic (exact) mass is 326 g/mol. The van der Waals surface area contributed by atoms with E-state index >= 15 is 0 Å². The van der Waals surface area contributed by atoms with Gasteiger partial charge in [0.1, 0.15) is 5.75 Å². The maximum absolute atomic E-state index is 5.42. The van der Waals surface area contributed by atoms with Gasteiger partial charge in [0.15, 0.2) is 0 Å². The summed E-state index contributed by atoms with van der Waals surface area (Å²) in [6, 6.07) is 4.25. The van der Waals surface area contributed by atoms with E-state index in [-0.39, 0.29) is 6.04 Å². The van der Waals surface area contributed by atoms with Gasteiger partial charge in [-0.3, -0.25) is 4.98 Å². The molecule has 0 amide bonds. The van der Waals surface area contributed by atoms with Crippen LogP contribution in [0.3, 0.4) is 0 Å². The van der Waals surface area contributed by atoms with Crippen LogP contribution < -0.4 is 10.1 Å². The largest absolute Gasteiger partial charge is 0.495 e. The molecule has 0 spiro atoms. The summed E-state index contributed by atoms with van der Waals surface area (Å²) in [5.74, 6) is 0.846. The van der Waals surface area contributed by atoms with Crippen LogP contribution in [-0.2, 0) is 0 Å². The second kappa shape index (κ2) is 5.71. The number of hydrogen-bond acceptors (Lipinski definition) is 4. The zero-order valence-corrected chi connectivity index (χ0v) is 12.9. The molecule has 0 aliphatic heterocycles. The fraction of sp³-hybridized carbons (Fsp3) is 0.308. The first-order valence-electron chi connectivity index (χ1n) is 5.61. The number of nitrogens with one attached hydrogen (secondary N) is 1. The zero-order chi connectivity index (χ0) is 13.1. The van der Waals surface area contributed by atoms with E-state index in [1.807, 2.05) is 17.8 Å². The number of aromatic nitrogens is 1. The van der Waals surface area contributed by atoms with Crippen molar-refractivity contribution in [3.05, 3.63) is 38.8 Å². The van der Waals surface area contributed by atoms with Crippen molar-refractivity contribution < 1.29 is 4.74 Å². The maximum atomic E-state index is 5.42. The number of thiazole rings is 1. The Morgan fingerprint density at radius 3 is 2.83 bits per heavy atom. The van der Waals surface area contributed by atoms with Gasteiger partial charge in [-0.15, -0.1) is 11.3 Å². The number of benzene rings is 1. The first-order valence-corrected chi connectivity index (χ1v) is 7.28. The summed E-state index contributed by atoms with van der Waals surface area (Å²) < 4.78 is 6.44. The van der Waals surface area contributed by atoms with Gasteiger partial charge in [0, 0.05) is 15.5 Å². The highest BCUT2D eigenvalue weighted by Crippen LogP contribution is 2.34. The van der Waals surface area contributed by atoms with Crippen molar-refractivity contribution in [2.75, 3.05) is 12.4 Å². The fourth-order valence-electron chi connectivity index (χ4n) is 1.79. The molecular weight excluding hydrogens is 312 g/mol. The van der Waals surface area contributed by atoms with Crippen molar-refractivity contribution in [1.82, 2.24) is 4.98 Å². The average molecular weight is 327 g/mol. The Bertz CT molecular complexity index is 528. The lowest BCUT2D eigenvalue weighted by Crippen LogP contribution is -2.07. The van der Waals surface area contributed by atoms with E-state index in [2.05, 4.69) is 46.1 Å². The van der Waals surface area contributed by atoms with Gasteiger partial charge < -0.3 is 10.1 Å². The highest BCUT2D eigenvalue weighted by Gasteiger charge is 2.13. The predicted molar refractivity (Wildman–Crippen MR) is 79.6 cm³/mol. The molecule has 0 fully saturated rings. The number of anilines is 1. The summed E-state index contributed by atoms with van der Waals surface area (Å²) in [6.45, 7) is 4.18. The van der Waals surface area contributed by atoms with Crippen LogP contribution in [0.1, 0.15) is 23.4 Å². The van der Waals surface area contributed by atoms with E-state index in [9.17, 15) is 0 Å². The Hall–Kier alpha value is -1.07. The molecule has 18 heavy (non-hydrogen) atoms. The SMILES string of the molecule is COc1cc(Br)cc(C)c1NC(C)c1cncs1. The van der Waals surface area contributed by atoms with Gasteiger partial charge in [0.25, 0.3) is 0 Å². The Kier molecular flexibility index (Phi) is 4.24. The molecule has 0 bridgehead atoms. The number of ether oxygens (including phenoxy) is 1. The van der Waals surface area contributed by atoms with Crippen LogP contribution in [0.5, 0.6) is 5.75 Å². The van der Waals surface area contributed by atoms with Crippen molar-refractivity contribution in [3.63, 3.8) is 0 Å². The lowest BCUT2D eigenvalue weighted by Gasteiger charge is -2.18. The van der Waals surface area contributed by atoms with Crippen molar-refractivity contribution in [1.29, 1.82) is 0 Å². The first-order chi connectivity index (χ1) is 8.61. The zero-order valence-electron chi connectivity index (χ0n) is 10.5. The minimum atomic E-state index is 0.214. The lowest BCUT2D eigenvalue weighted by molar-refractivity contribution is 0.415. The van der Waals surface area contributed by atoms with Gasteiger partial charge >= 0.3 is 0 Å². The third-order valence-corrected chi connectivity index (χ3v) is 4.14. The number of nitrogens with zero attached hydrogens (tertiary/aromatic N) is 1. The van der Waals surface area contributed by atoms with Gasteiger partial charge in [-0.1, -0.05) is 15.9 Å². The maximum Gasteiger partial charge on any atom is 0.143 e. The Morgan fingerprint density at radius 2 is 2.22 bits per heavy atom. The summed E-state index contributed by atoms with van der Waals surface area (Å²) in [4.78, 5) is 5.31. The molecule has 1 N–H and O–H groups in total. The van der Waals surface area contributed by atoms with Crippen LogP contribution >= 0.6 is 27.3 Å². The van der Waals surface area contributed by atoms with Gasteiger partial charge in [-0.2, -0.15) is 0 Å².